The maximum Gasteiger partial charge on any atom is 0.0706 e. The highest BCUT2D eigenvalue weighted by Crippen LogP contribution is 2.16. The predicted octanol–water partition coefficient (Wildman–Crippen LogP) is 3.49. The maximum atomic E-state index is 4.36. The van der Waals surface area contributed by atoms with Crippen molar-refractivity contribution in [1.29, 1.82) is 0 Å². The molecule has 0 fully saturated rings. The molecule has 3 rings (SSSR count). The molecule has 0 aliphatic heterocycles. The van der Waals surface area contributed by atoms with Gasteiger partial charge in [0.05, 0.1) is 11.7 Å². The Labute approximate surface area is 119 Å². The number of hydrogen-bond donors (Lipinski definition) is 1. The van der Waals surface area contributed by atoms with Crippen molar-refractivity contribution in [2.45, 2.75) is 26.4 Å². The van der Waals surface area contributed by atoms with Crippen molar-refractivity contribution in [3.05, 3.63) is 71.5 Å². The van der Waals surface area contributed by atoms with E-state index in [-0.39, 0.29) is 0 Å². The van der Waals surface area contributed by atoms with E-state index in [9.17, 15) is 0 Å². The molecule has 2 aromatic heterocycles. The molecule has 0 radical (unpaired) electrons. The zero-order valence-electron chi connectivity index (χ0n) is 11.9. The number of aryl methyl sites for hydroxylation is 1. The summed E-state index contributed by atoms with van der Waals surface area (Å²) in [6, 6.07) is 15.1. The Morgan fingerprint density at radius 1 is 1.20 bits per heavy atom. The normalized spacial score (nSPS) is 12.7. The molecule has 0 saturated carbocycles. The van der Waals surface area contributed by atoms with Gasteiger partial charge >= 0.3 is 0 Å². The van der Waals surface area contributed by atoms with E-state index in [4.69, 9.17) is 0 Å². The summed E-state index contributed by atoms with van der Waals surface area (Å²) in [6.45, 7) is 5.14. The standard InChI is InChI=1S/C17H19N3/c1-13-6-5-7-15(10-13)14(2)18-11-16-12-19-20-9-4-3-8-17(16)20/h3-10,12,14,18H,11H2,1-2H3/t14-/m0/s1. The summed E-state index contributed by atoms with van der Waals surface area (Å²) in [5.41, 5.74) is 5.01. The Balaban J connectivity index is 1.73. The lowest BCUT2D eigenvalue weighted by atomic mass is 10.1. The Bertz CT molecular complexity index is 715. The molecule has 2 heterocycles. The quantitative estimate of drug-likeness (QED) is 0.782. The first-order valence-electron chi connectivity index (χ1n) is 6.95. The lowest BCUT2D eigenvalue weighted by Crippen LogP contribution is -2.18. The first-order chi connectivity index (χ1) is 9.74. The van der Waals surface area contributed by atoms with Gasteiger partial charge in [0, 0.05) is 24.3 Å². The molecule has 0 saturated heterocycles. The van der Waals surface area contributed by atoms with E-state index in [1.54, 1.807) is 0 Å². The first-order valence-corrected chi connectivity index (χ1v) is 6.95. The second-order valence-corrected chi connectivity index (χ2v) is 5.22. The first kappa shape index (κ1) is 12.9. The zero-order chi connectivity index (χ0) is 13.9. The highest BCUT2D eigenvalue weighted by atomic mass is 15.2. The summed E-state index contributed by atoms with van der Waals surface area (Å²) in [7, 11) is 0. The molecule has 0 bridgehead atoms. The van der Waals surface area contributed by atoms with Gasteiger partial charge in [-0.1, -0.05) is 35.9 Å². The number of fused-ring (bicyclic) bond motifs is 1. The van der Waals surface area contributed by atoms with Crippen molar-refractivity contribution >= 4 is 5.52 Å². The minimum Gasteiger partial charge on any atom is -0.306 e. The number of benzene rings is 1. The van der Waals surface area contributed by atoms with E-state index in [2.05, 4.69) is 54.6 Å². The highest BCUT2D eigenvalue weighted by Gasteiger charge is 2.07. The van der Waals surface area contributed by atoms with E-state index in [0.29, 0.717) is 6.04 Å². The number of nitrogens with one attached hydrogen (secondary N) is 1. The molecule has 3 heteroatoms. The highest BCUT2D eigenvalue weighted by molar-refractivity contribution is 5.53. The summed E-state index contributed by atoms with van der Waals surface area (Å²) >= 11 is 0. The van der Waals surface area contributed by atoms with Crippen LogP contribution in [0.2, 0.25) is 0 Å². The minimum absolute atomic E-state index is 0.327. The van der Waals surface area contributed by atoms with Crippen LogP contribution in [-0.4, -0.2) is 9.61 Å². The van der Waals surface area contributed by atoms with Crippen molar-refractivity contribution in [3.63, 3.8) is 0 Å². The largest absolute Gasteiger partial charge is 0.306 e. The fraction of sp³-hybridized carbons (Fsp3) is 0.235. The molecule has 3 aromatic rings. The number of hydrogen-bond acceptors (Lipinski definition) is 2. The Hall–Kier alpha value is -2.13. The van der Waals surface area contributed by atoms with Crippen molar-refractivity contribution in [3.8, 4) is 0 Å². The van der Waals surface area contributed by atoms with Crippen LogP contribution in [0.3, 0.4) is 0 Å². The van der Waals surface area contributed by atoms with Crippen LogP contribution >= 0.6 is 0 Å². The summed E-state index contributed by atoms with van der Waals surface area (Å²) in [5, 5.41) is 7.93. The van der Waals surface area contributed by atoms with Gasteiger partial charge in [-0.25, -0.2) is 4.52 Å². The average Bonchev–Trinajstić information content (AvgIpc) is 2.88. The van der Waals surface area contributed by atoms with E-state index in [1.165, 1.54) is 16.7 Å². The van der Waals surface area contributed by atoms with Crippen molar-refractivity contribution in [1.82, 2.24) is 14.9 Å². The van der Waals surface area contributed by atoms with Crippen LogP contribution in [0.15, 0.2) is 54.9 Å². The van der Waals surface area contributed by atoms with Gasteiger partial charge in [-0.05, 0) is 31.5 Å². The van der Waals surface area contributed by atoms with Crippen LogP contribution in [0.25, 0.3) is 5.52 Å². The molecule has 20 heavy (non-hydrogen) atoms. The molecule has 0 unspecified atom stereocenters. The van der Waals surface area contributed by atoms with E-state index in [1.807, 2.05) is 29.0 Å². The van der Waals surface area contributed by atoms with Gasteiger partial charge in [-0.3, -0.25) is 0 Å². The minimum atomic E-state index is 0.327. The number of aromatic nitrogens is 2. The third-order valence-corrected chi connectivity index (χ3v) is 3.65. The summed E-state index contributed by atoms with van der Waals surface area (Å²) in [4.78, 5) is 0. The molecule has 102 valence electrons. The number of nitrogens with zero attached hydrogens (tertiary/aromatic N) is 2. The summed E-state index contributed by atoms with van der Waals surface area (Å²) in [5.74, 6) is 0. The zero-order valence-corrected chi connectivity index (χ0v) is 11.9. The van der Waals surface area contributed by atoms with Crippen molar-refractivity contribution in [2.75, 3.05) is 0 Å². The SMILES string of the molecule is Cc1cccc([C@H](C)NCc2cnn3ccccc23)c1. The van der Waals surface area contributed by atoms with Gasteiger partial charge in [-0.2, -0.15) is 5.10 Å². The van der Waals surface area contributed by atoms with E-state index < -0.39 is 0 Å². The molecule has 0 spiro atoms. The van der Waals surface area contributed by atoms with Crippen LogP contribution in [-0.2, 0) is 6.54 Å². The number of rotatable bonds is 4. The van der Waals surface area contributed by atoms with Crippen LogP contribution in [0.4, 0.5) is 0 Å². The smallest absolute Gasteiger partial charge is 0.0706 e. The summed E-state index contributed by atoms with van der Waals surface area (Å²) in [6.07, 6.45) is 3.91. The second kappa shape index (κ2) is 5.47. The van der Waals surface area contributed by atoms with Crippen LogP contribution in [0.1, 0.15) is 29.7 Å². The topological polar surface area (TPSA) is 29.3 Å². The second-order valence-electron chi connectivity index (χ2n) is 5.22. The Kier molecular flexibility index (Phi) is 3.52. The lowest BCUT2D eigenvalue weighted by molar-refractivity contribution is 0.576. The van der Waals surface area contributed by atoms with E-state index in [0.717, 1.165) is 12.1 Å². The third kappa shape index (κ3) is 2.58. The lowest BCUT2D eigenvalue weighted by Gasteiger charge is -2.14. The van der Waals surface area contributed by atoms with Crippen LogP contribution in [0.5, 0.6) is 0 Å². The van der Waals surface area contributed by atoms with Crippen LogP contribution in [0, 0.1) is 6.92 Å². The van der Waals surface area contributed by atoms with Gasteiger partial charge in [-0.15, -0.1) is 0 Å². The molecule has 1 N–H and O–H groups in total. The fourth-order valence-corrected chi connectivity index (χ4v) is 2.44. The maximum absolute atomic E-state index is 4.36. The summed E-state index contributed by atoms with van der Waals surface area (Å²) < 4.78 is 1.91. The molecular weight excluding hydrogens is 246 g/mol. The Morgan fingerprint density at radius 2 is 2.10 bits per heavy atom. The third-order valence-electron chi connectivity index (χ3n) is 3.65. The van der Waals surface area contributed by atoms with Gasteiger partial charge in [0.15, 0.2) is 0 Å². The van der Waals surface area contributed by atoms with Gasteiger partial charge < -0.3 is 5.32 Å². The fourth-order valence-electron chi connectivity index (χ4n) is 2.44. The number of pyridine rings is 1. The van der Waals surface area contributed by atoms with Crippen LogP contribution < -0.4 is 5.32 Å². The van der Waals surface area contributed by atoms with Crippen molar-refractivity contribution in [2.24, 2.45) is 0 Å². The van der Waals surface area contributed by atoms with E-state index >= 15 is 0 Å². The van der Waals surface area contributed by atoms with Gasteiger partial charge in [0.1, 0.15) is 0 Å². The predicted molar refractivity (Wildman–Crippen MR) is 81.6 cm³/mol. The monoisotopic (exact) mass is 265 g/mol. The molecule has 0 aliphatic rings. The Morgan fingerprint density at radius 3 is 2.95 bits per heavy atom. The molecule has 1 aromatic carbocycles. The van der Waals surface area contributed by atoms with Gasteiger partial charge in [0.2, 0.25) is 0 Å². The average molecular weight is 265 g/mol. The molecular formula is C17H19N3. The van der Waals surface area contributed by atoms with Gasteiger partial charge in [0.25, 0.3) is 0 Å². The van der Waals surface area contributed by atoms with Crippen molar-refractivity contribution < 1.29 is 0 Å². The molecule has 0 aliphatic carbocycles. The molecule has 0 amide bonds. The molecule has 3 nitrogen and oxygen atoms in total. The molecule has 1 atom stereocenters.